The van der Waals surface area contributed by atoms with E-state index >= 15 is 0 Å². The molecule has 0 spiro atoms. The summed E-state index contributed by atoms with van der Waals surface area (Å²) in [5.41, 5.74) is 6.32. The molecule has 0 aromatic carbocycles. The number of hydrogen-bond acceptors (Lipinski definition) is 1. The van der Waals surface area contributed by atoms with Crippen LogP contribution in [0.15, 0.2) is 24.4 Å². The summed E-state index contributed by atoms with van der Waals surface area (Å²) in [5.74, 6) is 0. The summed E-state index contributed by atoms with van der Waals surface area (Å²) < 4.78 is 0. The van der Waals surface area contributed by atoms with Crippen LogP contribution < -0.4 is 5.73 Å². The fraction of sp³-hybridized carbons (Fsp3) is 0.429. The van der Waals surface area contributed by atoms with Crippen LogP contribution in [-0.4, -0.2) is 0 Å². The van der Waals surface area contributed by atoms with Gasteiger partial charge in [0.2, 0.25) is 0 Å². The third-order valence-electron chi connectivity index (χ3n) is 0.874. The van der Waals surface area contributed by atoms with Gasteiger partial charge in [0.05, 0.1) is 0 Å². The van der Waals surface area contributed by atoms with Crippen LogP contribution in [0.4, 0.5) is 0 Å². The maximum atomic E-state index is 5.10. The van der Waals surface area contributed by atoms with E-state index in [0.29, 0.717) is 0 Å². The number of nitrogens with two attached hydrogens (primary N) is 1. The lowest BCUT2D eigenvalue weighted by Gasteiger charge is -1.89. The zero-order valence-electron chi connectivity index (χ0n) is 5.35. The smallest absolute Gasteiger partial charge is 0.0103 e. The molecule has 1 nitrogen and oxygen atoms in total. The van der Waals surface area contributed by atoms with Gasteiger partial charge in [-0.1, -0.05) is 11.6 Å². The minimum absolute atomic E-state index is 1.02. The van der Waals surface area contributed by atoms with Crippen LogP contribution in [0.1, 0.15) is 19.8 Å². The topological polar surface area (TPSA) is 26.0 Å². The molecule has 0 aromatic heterocycles. The van der Waals surface area contributed by atoms with Gasteiger partial charge in [-0.3, -0.25) is 0 Å². The molecule has 0 aliphatic heterocycles. The third kappa shape index (κ3) is 5.28. The monoisotopic (exact) mass is 111 g/mol. The van der Waals surface area contributed by atoms with Crippen LogP contribution in [0.3, 0.4) is 0 Å². The van der Waals surface area contributed by atoms with Crippen molar-refractivity contribution in [1.29, 1.82) is 0 Å². The quantitative estimate of drug-likeness (QED) is 0.552. The van der Waals surface area contributed by atoms with Gasteiger partial charge in [-0.05, 0) is 26.0 Å². The highest BCUT2D eigenvalue weighted by Crippen LogP contribution is 1.99. The summed E-state index contributed by atoms with van der Waals surface area (Å²) in [6, 6.07) is 0. The fourth-order valence-electron chi connectivity index (χ4n) is 0.426. The van der Waals surface area contributed by atoms with Crippen molar-refractivity contribution in [2.75, 3.05) is 0 Å². The Labute approximate surface area is 50.9 Å². The van der Waals surface area contributed by atoms with Gasteiger partial charge in [-0.15, -0.1) is 6.58 Å². The van der Waals surface area contributed by atoms with Gasteiger partial charge in [-0.2, -0.15) is 0 Å². The predicted octanol–water partition coefficient (Wildman–Crippen LogP) is 1.82. The van der Waals surface area contributed by atoms with Crippen molar-refractivity contribution in [3.63, 3.8) is 0 Å². The maximum absolute atomic E-state index is 5.10. The van der Waals surface area contributed by atoms with Gasteiger partial charge in [-0.25, -0.2) is 0 Å². The zero-order chi connectivity index (χ0) is 6.41. The van der Waals surface area contributed by atoms with Gasteiger partial charge in [0.25, 0.3) is 0 Å². The molecule has 0 aliphatic carbocycles. The van der Waals surface area contributed by atoms with Crippen molar-refractivity contribution in [2.24, 2.45) is 5.73 Å². The summed E-state index contributed by atoms with van der Waals surface area (Å²) in [6.45, 7) is 5.77. The van der Waals surface area contributed by atoms with Crippen molar-refractivity contribution in [3.8, 4) is 0 Å². The van der Waals surface area contributed by atoms with Crippen LogP contribution in [0.2, 0.25) is 0 Å². The average molecular weight is 111 g/mol. The number of allylic oxidation sites excluding steroid dienone is 2. The van der Waals surface area contributed by atoms with E-state index in [4.69, 9.17) is 5.73 Å². The fourth-order valence-corrected chi connectivity index (χ4v) is 0.426. The van der Waals surface area contributed by atoms with E-state index in [0.717, 1.165) is 12.8 Å². The summed E-state index contributed by atoms with van der Waals surface area (Å²) in [4.78, 5) is 0. The molecule has 1 heteroatoms. The first-order valence-electron chi connectivity index (χ1n) is 2.78. The van der Waals surface area contributed by atoms with E-state index in [9.17, 15) is 0 Å². The molecular formula is C7H13N. The Kier molecular flexibility index (Phi) is 4.04. The molecule has 2 N–H and O–H groups in total. The standard InChI is InChI=1S/C7H13N/c1-7(2)5-3-4-6-8/h4,6H,1,3,5,8H2,2H3/b6-4-. The Morgan fingerprint density at radius 3 is 2.75 bits per heavy atom. The van der Waals surface area contributed by atoms with E-state index in [-0.39, 0.29) is 0 Å². The zero-order valence-corrected chi connectivity index (χ0v) is 5.35. The molecule has 0 fully saturated rings. The van der Waals surface area contributed by atoms with Crippen molar-refractivity contribution in [2.45, 2.75) is 19.8 Å². The molecule has 0 aliphatic rings. The molecule has 0 saturated heterocycles. The molecule has 0 heterocycles. The summed E-state index contributed by atoms with van der Waals surface area (Å²) in [6.07, 6.45) is 5.58. The molecule has 0 atom stereocenters. The minimum Gasteiger partial charge on any atom is -0.405 e. The average Bonchev–Trinajstić information content (AvgIpc) is 1.66. The molecule has 0 unspecified atom stereocenters. The van der Waals surface area contributed by atoms with Crippen molar-refractivity contribution >= 4 is 0 Å². The van der Waals surface area contributed by atoms with Gasteiger partial charge < -0.3 is 5.73 Å². The second-order valence-corrected chi connectivity index (χ2v) is 1.92. The molecule has 0 bridgehead atoms. The molecule has 0 saturated carbocycles. The Bertz CT molecular complexity index is 92.6. The highest BCUT2D eigenvalue weighted by atomic mass is 14.5. The summed E-state index contributed by atoms with van der Waals surface area (Å²) >= 11 is 0. The van der Waals surface area contributed by atoms with Crippen LogP contribution in [-0.2, 0) is 0 Å². The van der Waals surface area contributed by atoms with Gasteiger partial charge in [0, 0.05) is 0 Å². The van der Waals surface area contributed by atoms with E-state index in [1.807, 2.05) is 13.0 Å². The third-order valence-corrected chi connectivity index (χ3v) is 0.874. The number of rotatable bonds is 3. The van der Waals surface area contributed by atoms with Crippen LogP contribution in [0, 0.1) is 0 Å². The molecular weight excluding hydrogens is 98.1 g/mol. The van der Waals surface area contributed by atoms with Crippen LogP contribution >= 0.6 is 0 Å². The molecule has 0 aromatic rings. The van der Waals surface area contributed by atoms with Gasteiger partial charge in [0.15, 0.2) is 0 Å². The van der Waals surface area contributed by atoms with Crippen molar-refractivity contribution in [3.05, 3.63) is 24.4 Å². The normalized spacial score (nSPS) is 10.1. The van der Waals surface area contributed by atoms with Crippen LogP contribution in [0.25, 0.3) is 0 Å². The first kappa shape index (κ1) is 7.28. The molecule has 0 radical (unpaired) electrons. The van der Waals surface area contributed by atoms with Crippen molar-refractivity contribution in [1.82, 2.24) is 0 Å². The van der Waals surface area contributed by atoms with Crippen LogP contribution in [0.5, 0.6) is 0 Å². The Morgan fingerprint density at radius 2 is 2.38 bits per heavy atom. The highest BCUT2D eigenvalue weighted by Gasteiger charge is 1.79. The summed E-state index contributed by atoms with van der Waals surface area (Å²) in [7, 11) is 0. The van der Waals surface area contributed by atoms with Gasteiger partial charge >= 0.3 is 0 Å². The van der Waals surface area contributed by atoms with Crippen molar-refractivity contribution < 1.29 is 0 Å². The number of hydrogen-bond donors (Lipinski definition) is 1. The maximum Gasteiger partial charge on any atom is -0.0103 e. The Hall–Kier alpha value is -0.720. The van der Waals surface area contributed by atoms with E-state index < -0.39 is 0 Å². The second-order valence-electron chi connectivity index (χ2n) is 1.92. The molecule has 0 amide bonds. The lowest BCUT2D eigenvalue weighted by molar-refractivity contribution is 0.981. The molecule has 46 valence electrons. The molecule has 0 rings (SSSR count). The largest absolute Gasteiger partial charge is 0.405 e. The SMILES string of the molecule is C=C(C)CC/C=C\N. The van der Waals surface area contributed by atoms with Gasteiger partial charge in [0.1, 0.15) is 0 Å². The van der Waals surface area contributed by atoms with E-state index in [2.05, 4.69) is 6.58 Å². The highest BCUT2D eigenvalue weighted by molar-refractivity contribution is 4.91. The second kappa shape index (κ2) is 4.44. The minimum atomic E-state index is 1.02. The van der Waals surface area contributed by atoms with E-state index in [1.165, 1.54) is 5.57 Å². The Balaban J connectivity index is 3.05. The first-order valence-corrected chi connectivity index (χ1v) is 2.78. The summed E-state index contributed by atoms with van der Waals surface area (Å²) in [5, 5.41) is 0. The first-order chi connectivity index (χ1) is 3.77. The molecule has 8 heavy (non-hydrogen) atoms. The lowest BCUT2D eigenvalue weighted by Crippen LogP contribution is -1.77. The van der Waals surface area contributed by atoms with E-state index in [1.54, 1.807) is 6.20 Å². The Morgan fingerprint density at radius 1 is 1.75 bits per heavy atom. The predicted molar refractivity (Wildman–Crippen MR) is 37.4 cm³/mol. The lowest BCUT2D eigenvalue weighted by atomic mass is 10.2.